The second-order valence-corrected chi connectivity index (χ2v) is 12.9. The Bertz CT molecular complexity index is 1830. The van der Waals surface area contributed by atoms with Gasteiger partial charge in [-0.25, -0.2) is 9.97 Å². The summed E-state index contributed by atoms with van der Waals surface area (Å²) >= 11 is 0. The SMILES string of the molecule is COc1ccc(C(C)C)cc1-c1ccc(N2CCOCC2)cc1CN(Cc1cc(C(F)(F)F)cc(C(F)(F)F)c1)c1ncc(OCCCC(=O)O)cn1. The number of benzene rings is 3. The summed E-state index contributed by atoms with van der Waals surface area (Å²) in [5.74, 6) is -0.00384. The number of hydrogen-bond acceptors (Lipinski definition) is 8. The molecule has 9 nitrogen and oxygen atoms in total. The van der Waals surface area contributed by atoms with Crippen molar-refractivity contribution in [2.75, 3.05) is 49.8 Å². The number of nitrogens with zero attached hydrogens (tertiary/aromatic N) is 4. The van der Waals surface area contributed by atoms with E-state index in [0.29, 0.717) is 49.7 Å². The summed E-state index contributed by atoms with van der Waals surface area (Å²) < 4.78 is 100. The molecule has 0 aliphatic carbocycles. The summed E-state index contributed by atoms with van der Waals surface area (Å²) in [6, 6.07) is 13.2. The quantitative estimate of drug-likeness (QED) is 0.101. The fourth-order valence-electron chi connectivity index (χ4n) is 5.98. The van der Waals surface area contributed by atoms with Crippen LogP contribution in [0.1, 0.15) is 60.4 Å². The average molecular weight is 747 g/mol. The van der Waals surface area contributed by atoms with Crippen molar-refractivity contribution < 1.29 is 50.5 Å². The van der Waals surface area contributed by atoms with Crippen LogP contribution >= 0.6 is 0 Å². The molecule has 0 unspecified atom stereocenters. The van der Waals surface area contributed by atoms with Crippen molar-refractivity contribution in [2.24, 2.45) is 0 Å². The number of carboxylic acids is 1. The molecule has 53 heavy (non-hydrogen) atoms. The Morgan fingerprint density at radius 3 is 2.15 bits per heavy atom. The Balaban J connectivity index is 1.62. The molecule has 5 rings (SSSR count). The van der Waals surface area contributed by atoms with Gasteiger partial charge in [0.2, 0.25) is 5.95 Å². The van der Waals surface area contributed by atoms with Crippen molar-refractivity contribution in [1.29, 1.82) is 0 Å². The minimum atomic E-state index is -5.03. The van der Waals surface area contributed by atoms with Crippen LogP contribution in [0.5, 0.6) is 11.5 Å². The molecule has 3 aromatic carbocycles. The average Bonchev–Trinajstić information content (AvgIpc) is 3.12. The molecule has 0 amide bonds. The molecule has 1 aliphatic heterocycles. The highest BCUT2D eigenvalue weighted by molar-refractivity contribution is 5.77. The lowest BCUT2D eigenvalue weighted by molar-refractivity contribution is -0.143. The van der Waals surface area contributed by atoms with Crippen LogP contribution in [-0.2, 0) is 35.0 Å². The van der Waals surface area contributed by atoms with Gasteiger partial charge in [-0.3, -0.25) is 4.79 Å². The number of methoxy groups -OCH3 is 1. The minimum absolute atomic E-state index is 0.0134. The molecule has 0 spiro atoms. The molecule has 0 atom stereocenters. The third-order valence-corrected chi connectivity index (χ3v) is 8.73. The number of aromatic nitrogens is 2. The van der Waals surface area contributed by atoms with Gasteiger partial charge >= 0.3 is 18.3 Å². The molecule has 1 N–H and O–H groups in total. The lowest BCUT2D eigenvalue weighted by atomic mass is 9.93. The highest BCUT2D eigenvalue weighted by Gasteiger charge is 2.37. The molecule has 0 saturated carbocycles. The first-order valence-electron chi connectivity index (χ1n) is 17.0. The molecular weight excluding hydrogens is 706 g/mol. The molecule has 0 bridgehead atoms. The predicted octanol–water partition coefficient (Wildman–Crippen LogP) is 8.60. The van der Waals surface area contributed by atoms with E-state index >= 15 is 0 Å². The third-order valence-electron chi connectivity index (χ3n) is 8.73. The van der Waals surface area contributed by atoms with Crippen LogP contribution in [0.25, 0.3) is 11.1 Å². The van der Waals surface area contributed by atoms with Crippen LogP contribution in [0.15, 0.2) is 67.0 Å². The summed E-state index contributed by atoms with van der Waals surface area (Å²) in [5.41, 5.74) is 0.958. The van der Waals surface area contributed by atoms with Gasteiger partial charge in [-0.1, -0.05) is 26.0 Å². The van der Waals surface area contributed by atoms with E-state index in [1.165, 1.54) is 17.3 Å². The maximum absolute atomic E-state index is 13.9. The fraction of sp³-hybridized carbons (Fsp3) is 0.395. The Kier molecular flexibility index (Phi) is 12.4. The number of carbonyl (C=O) groups is 1. The first-order chi connectivity index (χ1) is 25.1. The number of carboxylic acid groups (broad SMARTS) is 1. The number of rotatable bonds is 14. The summed E-state index contributed by atoms with van der Waals surface area (Å²) in [4.78, 5) is 23.3. The molecule has 4 aromatic rings. The van der Waals surface area contributed by atoms with Crippen molar-refractivity contribution in [3.63, 3.8) is 0 Å². The van der Waals surface area contributed by atoms with Crippen LogP contribution in [0.2, 0.25) is 0 Å². The Morgan fingerprint density at radius 2 is 1.57 bits per heavy atom. The Morgan fingerprint density at radius 1 is 0.906 bits per heavy atom. The van der Waals surface area contributed by atoms with E-state index in [4.69, 9.17) is 19.3 Å². The summed E-state index contributed by atoms with van der Waals surface area (Å²) in [5, 5.41) is 8.90. The number of halogens is 6. The molecular formula is C38H40F6N4O5. The van der Waals surface area contributed by atoms with Crippen molar-refractivity contribution in [2.45, 2.75) is 58.0 Å². The number of anilines is 2. The number of alkyl halides is 6. The van der Waals surface area contributed by atoms with Crippen molar-refractivity contribution >= 4 is 17.6 Å². The second-order valence-electron chi connectivity index (χ2n) is 12.9. The zero-order valence-corrected chi connectivity index (χ0v) is 29.4. The Hall–Kier alpha value is -5.05. The molecule has 2 heterocycles. The van der Waals surface area contributed by atoms with Crippen molar-refractivity contribution in [1.82, 2.24) is 9.97 Å². The summed E-state index contributed by atoms with van der Waals surface area (Å²) in [7, 11) is 1.55. The zero-order valence-electron chi connectivity index (χ0n) is 29.4. The minimum Gasteiger partial charge on any atom is -0.496 e. The molecule has 284 valence electrons. The van der Waals surface area contributed by atoms with Gasteiger partial charge in [0.25, 0.3) is 0 Å². The number of aliphatic carboxylic acids is 1. The molecule has 15 heteroatoms. The highest BCUT2D eigenvalue weighted by atomic mass is 19.4. The van der Waals surface area contributed by atoms with Gasteiger partial charge in [0.1, 0.15) is 5.75 Å². The highest BCUT2D eigenvalue weighted by Crippen LogP contribution is 2.39. The molecule has 1 saturated heterocycles. The van der Waals surface area contributed by atoms with Gasteiger partial charge in [0.05, 0.1) is 50.5 Å². The van der Waals surface area contributed by atoms with Gasteiger partial charge in [0.15, 0.2) is 5.75 Å². The van der Waals surface area contributed by atoms with Gasteiger partial charge in [0, 0.05) is 43.9 Å². The van der Waals surface area contributed by atoms with E-state index in [1.54, 1.807) is 7.11 Å². The normalized spacial score (nSPS) is 13.7. The van der Waals surface area contributed by atoms with E-state index < -0.39 is 36.0 Å². The van der Waals surface area contributed by atoms with E-state index in [-0.39, 0.29) is 55.2 Å². The van der Waals surface area contributed by atoms with Crippen molar-refractivity contribution in [3.8, 4) is 22.6 Å². The maximum atomic E-state index is 13.9. The van der Waals surface area contributed by atoms with E-state index in [1.807, 2.05) is 36.4 Å². The maximum Gasteiger partial charge on any atom is 0.416 e. The van der Waals surface area contributed by atoms with E-state index in [2.05, 4.69) is 28.7 Å². The molecule has 1 aromatic heterocycles. The van der Waals surface area contributed by atoms with Crippen molar-refractivity contribution in [3.05, 3.63) is 94.8 Å². The lowest BCUT2D eigenvalue weighted by Gasteiger charge is -2.31. The monoisotopic (exact) mass is 746 g/mol. The predicted molar refractivity (Wildman–Crippen MR) is 186 cm³/mol. The smallest absolute Gasteiger partial charge is 0.416 e. The topological polar surface area (TPSA) is 97.2 Å². The lowest BCUT2D eigenvalue weighted by Crippen LogP contribution is -2.36. The second kappa shape index (κ2) is 16.7. The molecule has 1 aliphatic rings. The number of hydrogen-bond donors (Lipinski definition) is 1. The zero-order chi connectivity index (χ0) is 38.3. The third kappa shape index (κ3) is 10.3. The summed E-state index contributed by atoms with van der Waals surface area (Å²) in [6.45, 7) is 6.00. The van der Waals surface area contributed by atoms with E-state index in [9.17, 15) is 31.1 Å². The van der Waals surface area contributed by atoms with Gasteiger partial charge in [-0.05, 0) is 77.1 Å². The fourth-order valence-corrected chi connectivity index (χ4v) is 5.98. The van der Waals surface area contributed by atoms with Crippen LogP contribution in [0, 0.1) is 0 Å². The van der Waals surface area contributed by atoms with Gasteiger partial charge in [-0.15, -0.1) is 0 Å². The standard InChI is InChI=1S/C38H40F6N4O5/c1-24(2)26-6-9-34(51-3)33(18-26)32-8-7-30(47-10-13-52-14-11-47)17-27(32)23-48(36-45-20-31(21-46-36)53-12-4-5-35(49)50)22-25-15-28(37(39,40)41)19-29(16-25)38(42,43)44/h6-9,15-21,24H,4-5,10-14,22-23H2,1-3H3,(H,49,50). The van der Waals surface area contributed by atoms with Crippen LogP contribution in [0.4, 0.5) is 38.0 Å². The van der Waals surface area contributed by atoms with Crippen LogP contribution < -0.4 is 19.3 Å². The van der Waals surface area contributed by atoms with Crippen LogP contribution in [-0.4, -0.2) is 61.1 Å². The number of morpholine rings is 1. The van der Waals surface area contributed by atoms with Gasteiger partial charge in [-0.2, -0.15) is 26.3 Å². The first kappa shape index (κ1) is 39.2. The first-order valence-corrected chi connectivity index (χ1v) is 17.0. The number of ether oxygens (including phenoxy) is 3. The Labute approximate surface area is 303 Å². The summed E-state index contributed by atoms with van der Waals surface area (Å²) in [6.07, 6.45) is -7.30. The molecule has 0 radical (unpaired) electrons. The van der Waals surface area contributed by atoms with E-state index in [0.717, 1.165) is 22.4 Å². The van der Waals surface area contributed by atoms with Gasteiger partial charge < -0.3 is 29.1 Å². The van der Waals surface area contributed by atoms with Crippen LogP contribution in [0.3, 0.4) is 0 Å². The molecule has 1 fully saturated rings. The largest absolute Gasteiger partial charge is 0.496 e.